The van der Waals surface area contributed by atoms with Crippen LogP contribution in [0.15, 0.2) is 18.2 Å². The van der Waals surface area contributed by atoms with E-state index in [1.54, 1.807) is 0 Å². The first-order chi connectivity index (χ1) is 8.77. The zero-order valence-electron chi connectivity index (χ0n) is 10.8. The minimum Gasteiger partial charge on any atom is -0.396 e. The van der Waals surface area contributed by atoms with Crippen LogP contribution in [0.2, 0.25) is 5.02 Å². The van der Waals surface area contributed by atoms with E-state index < -0.39 is 0 Å². The van der Waals surface area contributed by atoms with Gasteiger partial charge in [-0.1, -0.05) is 30.5 Å². The van der Waals surface area contributed by atoms with Crippen LogP contribution in [0, 0.1) is 0 Å². The number of nitrogens with two attached hydrogens (primary N) is 1. The molecule has 3 N–H and O–H groups in total. The van der Waals surface area contributed by atoms with Crippen LogP contribution >= 0.6 is 11.6 Å². The van der Waals surface area contributed by atoms with Crippen LogP contribution in [0.4, 0.5) is 11.4 Å². The van der Waals surface area contributed by atoms with Gasteiger partial charge in [0.2, 0.25) is 0 Å². The predicted octanol–water partition coefficient (Wildman–Crippen LogP) is 3.21. The number of anilines is 2. The molecule has 1 fully saturated rings. The highest BCUT2D eigenvalue weighted by Gasteiger charge is 2.08. The van der Waals surface area contributed by atoms with Gasteiger partial charge in [-0.05, 0) is 38.1 Å². The van der Waals surface area contributed by atoms with Gasteiger partial charge in [0, 0.05) is 13.1 Å². The fourth-order valence-electron chi connectivity index (χ4n) is 2.40. The minimum absolute atomic E-state index is 0.620. The molecule has 0 amide bonds. The number of rotatable bonds is 4. The topological polar surface area (TPSA) is 41.3 Å². The Hall–Kier alpha value is -0.930. The first-order valence-electron chi connectivity index (χ1n) is 6.77. The van der Waals surface area contributed by atoms with E-state index in [0.29, 0.717) is 10.7 Å². The molecule has 0 unspecified atom stereocenters. The number of likely N-dealkylation sites (tertiary alicyclic amines) is 1. The normalized spacial score (nSPS) is 17.4. The summed E-state index contributed by atoms with van der Waals surface area (Å²) in [4.78, 5) is 2.53. The lowest BCUT2D eigenvalue weighted by Crippen LogP contribution is -2.30. The summed E-state index contributed by atoms with van der Waals surface area (Å²) in [5.74, 6) is 0. The number of hydrogen-bond acceptors (Lipinski definition) is 3. The van der Waals surface area contributed by atoms with Crippen molar-refractivity contribution in [1.82, 2.24) is 4.90 Å². The van der Waals surface area contributed by atoms with Crippen LogP contribution in [0.1, 0.15) is 25.7 Å². The molecular weight excluding hydrogens is 246 g/mol. The molecule has 0 radical (unpaired) electrons. The summed E-state index contributed by atoms with van der Waals surface area (Å²) >= 11 is 5.99. The van der Waals surface area contributed by atoms with Gasteiger partial charge >= 0.3 is 0 Å². The molecule has 3 nitrogen and oxygen atoms in total. The van der Waals surface area contributed by atoms with Gasteiger partial charge in [-0.15, -0.1) is 0 Å². The van der Waals surface area contributed by atoms with Crippen molar-refractivity contribution < 1.29 is 0 Å². The molecule has 0 saturated carbocycles. The van der Waals surface area contributed by atoms with E-state index in [4.69, 9.17) is 17.3 Å². The third-order valence-corrected chi connectivity index (χ3v) is 3.82. The Morgan fingerprint density at radius 1 is 1.17 bits per heavy atom. The summed E-state index contributed by atoms with van der Waals surface area (Å²) in [6.45, 7) is 4.45. The van der Waals surface area contributed by atoms with Crippen molar-refractivity contribution >= 4 is 23.0 Å². The Morgan fingerprint density at radius 3 is 2.61 bits per heavy atom. The van der Waals surface area contributed by atoms with Crippen molar-refractivity contribution in [3.8, 4) is 0 Å². The van der Waals surface area contributed by atoms with E-state index in [2.05, 4.69) is 10.2 Å². The van der Waals surface area contributed by atoms with E-state index in [1.165, 1.54) is 38.8 Å². The fraction of sp³-hybridized carbons (Fsp3) is 0.571. The molecule has 2 rings (SSSR count). The number of benzene rings is 1. The summed E-state index contributed by atoms with van der Waals surface area (Å²) in [6.07, 6.45) is 5.43. The number of hydrogen-bond donors (Lipinski definition) is 2. The molecule has 100 valence electrons. The summed E-state index contributed by atoms with van der Waals surface area (Å²) in [7, 11) is 0. The van der Waals surface area contributed by atoms with Gasteiger partial charge in [-0.2, -0.15) is 0 Å². The van der Waals surface area contributed by atoms with Crippen molar-refractivity contribution in [1.29, 1.82) is 0 Å². The maximum Gasteiger partial charge on any atom is 0.0739 e. The third kappa shape index (κ3) is 3.79. The summed E-state index contributed by atoms with van der Waals surface area (Å²) < 4.78 is 0. The number of para-hydroxylation sites is 1. The molecule has 0 aromatic heterocycles. The first-order valence-corrected chi connectivity index (χ1v) is 7.15. The van der Waals surface area contributed by atoms with Gasteiger partial charge in [-0.3, -0.25) is 0 Å². The predicted molar refractivity (Wildman–Crippen MR) is 79.3 cm³/mol. The number of halogens is 1. The van der Waals surface area contributed by atoms with Crippen LogP contribution in [0.3, 0.4) is 0 Å². The second-order valence-corrected chi connectivity index (χ2v) is 5.29. The molecule has 1 aliphatic rings. The zero-order chi connectivity index (χ0) is 12.8. The van der Waals surface area contributed by atoms with Gasteiger partial charge in [0.05, 0.1) is 16.4 Å². The SMILES string of the molecule is Nc1c(Cl)cccc1NCCN1CCCCCC1. The Labute approximate surface area is 114 Å². The van der Waals surface area contributed by atoms with Crippen molar-refractivity contribution in [3.05, 3.63) is 23.2 Å². The first kappa shape index (κ1) is 13.5. The molecule has 1 aromatic carbocycles. The molecule has 1 saturated heterocycles. The van der Waals surface area contributed by atoms with Crippen LogP contribution < -0.4 is 11.1 Å². The van der Waals surface area contributed by atoms with Gasteiger partial charge in [-0.25, -0.2) is 0 Å². The highest BCUT2D eigenvalue weighted by Crippen LogP contribution is 2.26. The quantitative estimate of drug-likeness (QED) is 0.823. The van der Waals surface area contributed by atoms with Crippen molar-refractivity contribution in [2.45, 2.75) is 25.7 Å². The molecule has 0 bridgehead atoms. The second kappa shape index (κ2) is 6.86. The zero-order valence-corrected chi connectivity index (χ0v) is 11.5. The van der Waals surface area contributed by atoms with Gasteiger partial charge in [0.1, 0.15) is 0 Å². The molecular formula is C14H22ClN3. The minimum atomic E-state index is 0.620. The highest BCUT2D eigenvalue weighted by molar-refractivity contribution is 6.33. The highest BCUT2D eigenvalue weighted by atomic mass is 35.5. The maximum absolute atomic E-state index is 5.99. The maximum atomic E-state index is 5.99. The summed E-state index contributed by atoms with van der Waals surface area (Å²) in [5, 5.41) is 3.99. The average Bonchev–Trinajstić information content (AvgIpc) is 2.63. The average molecular weight is 268 g/mol. The van der Waals surface area contributed by atoms with Gasteiger partial charge in [0.25, 0.3) is 0 Å². The second-order valence-electron chi connectivity index (χ2n) is 4.88. The molecule has 1 heterocycles. The number of nitrogens with one attached hydrogen (secondary N) is 1. The smallest absolute Gasteiger partial charge is 0.0739 e. The van der Waals surface area contributed by atoms with Crippen LogP contribution in [0.25, 0.3) is 0 Å². The molecule has 0 spiro atoms. The molecule has 1 aliphatic heterocycles. The van der Waals surface area contributed by atoms with E-state index in [0.717, 1.165) is 18.8 Å². The lowest BCUT2D eigenvalue weighted by molar-refractivity contribution is 0.296. The Kier molecular flexibility index (Phi) is 5.14. The van der Waals surface area contributed by atoms with Crippen LogP contribution in [-0.2, 0) is 0 Å². The standard InChI is InChI=1S/C14H22ClN3/c15-12-6-5-7-13(14(12)16)17-8-11-18-9-3-1-2-4-10-18/h5-7,17H,1-4,8-11,16H2. The van der Waals surface area contributed by atoms with Crippen molar-refractivity contribution in [2.75, 3.05) is 37.2 Å². The van der Waals surface area contributed by atoms with E-state index >= 15 is 0 Å². The lowest BCUT2D eigenvalue weighted by Gasteiger charge is -2.20. The van der Waals surface area contributed by atoms with Gasteiger partial charge < -0.3 is 16.0 Å². The molecule has 1 aromatic rings. The van der Waals surface area contributed by atoms with E-state index in [9.17, 15) is 0 Å². The van der Waals surface area contributed by atoms with E-state index in [1.807, 2.05) is 18.2 Å². The number of nitrogen functional groups attached to an aromatic ring is 1. The third-order valence-electron chi connectivity index (χ3n) is 3.50. The Balaban J connectivity index is 1.79. The Morgan fingerprint density at radius 2 is 1.89 bits per heavy atom. The monoisotopic (exact) mass is 267 g/mol. The van der Waals surface area contributed by atoms with E-state index in [-0.39, 0.29) is 0 Å². The Bertz CT molecular complexity index is 373. The molecule has 4 heteroatoms. The molecule has 0 atom stereocenters. The summed E-state index contributed by atoms with van der Waals surface area (Å²) in [6, 6.07) is 5.72. The van der Waals surface area contributed by atoms with Crippen LogP contribution in [-0.4, -0.2) is 31.1 Å². The largest absolute Gasteiger partial charge is 0.396 e. The van der Waals surface area contributed by atoms with Crippen LogP contribution in [0.5, 0.6) is 0 Å². The van der Waals surface area contributed by atoms with Crippen molar-refractivity contribution in [3.63, 3.8) is 0 Å². The number of nitrogens with zero attached hydrogens (tertiary/aromatic N) is 1. The van der Waals surface area contributed by atoms with Crippen molar-refractivity contribution in [2.24, 2.45) is 0 Å². The molecule has 18 heavy (non-hydrogen) atoms. The van der Waals surface area contributed by atoms with Gasteiger partial charge in [0.15, 0.2) is 0 Å². The lowest BCUT2D eigenvalue weighted by atomic mass is 10.2. The fourth-order valence-corrected chi connectivity index (χ4v) is 2.57. The molecule has 0 aliphatic carbocycles. The summed E-state index contributed by atoms with van der Waals surface area (Å²) in [5.41, 5.74) is 7.51.